The molecule has 0 amide bonds. The van der Waals surface area contributed by atoms with E-state index in [4.69, 9.17) is 5.73 Å². The molecule has 2 aromatic rings. The van der Waals surface area contributed by atoms with Crippen molar-refractivity contribution in [3.63, 3.8) is 0 Å². The maximum atomic E-state index is 11.8. The van der Waals surface area contributed by atoms with Gasteiger partial charge in [-0.3, -0.25) is 9.78 Å². The molecular weight excluding hydrogens is 220 g/mol. The summed E-state index contributed by atoms with van der Waals surface area (Å²) < 4.78 is 0. The molecule has 2 aromatic heterocycles. The second-order valence-electron chi connectivity index (χ2n) is 3.55. The van der Waals surface area contributed by atoms with Gasteiger partial charge in [0.25, 0.3) is 0 Å². The first-order valence-corrected chi connectivity index (χ1v) is 5.86. The fourth-order valence-electron chi connectivity index (χ4n) is 1.47. The molecule has 0 saturated carbocycles. The van der Waals surface area contributed by atoms with E-state index >= 15 is 0 Å². The highest BCUT2D eigenvalue weighted by molar-refractivity contribution is 7.10. The van der Waals surface area contributed by atoms with Gasteiger partial charge in [-0.1, -0.05) is 6.07 Å². The summed E-state index contributed by atoms with van der Waals surface area (Å²) in [6.45, 7) is 0. The first kappa shape index (κ1) is 10.8. The summed E-state index contributed by atoms with van der Waals surface area (Å²) in [6.07, 6.45) is 4.12. The number of aromatic nitrogens is 1. The monoisotopic (exact) mass is 232 g/mol. The van der Waals surface area contributed by atoms with Gasteiger partial charge in [-0.05, 0) is 17.5 Å². The van der Waals surface area contributed by atoms with Crippen LogP contribution in [0.4, 0.5) is 5.69 Å². The number of thiophene rings is 1. The SMILES string of the molecule is Nc1ccncc1CC(=O)Cc1cccs1. The third-order valence-electron chi connectivity index (χ3n) is 2.28. The molecule has 2 rings (SSSR count). The smallest absolute Gasteiger partial charge is 0.142 e. The molecule has 2 heterocycles. The van der Waals surface area contributed by atoms with Gasteiger partial charge in [0.05, 0.1) is 0 Å². The van der Waals surface area contributed by atoms with Gasteiger partial charge in [-0.2, -0.15) is 0 Å². The molecule has 0 aliphatic heterocycles. The Kier molecular flexibility index (Phi) is 3.31. The van der Waals surface area contributed by atoms with Gasteiger partial charge < -0.3 is 5.73 Å². The molecule has 0 bridgehead atoms. The number of carbonyl (C=O) groups is 1. The van der Waals surface area contributed by atoms with Crippen LogP contribution in [0, 0.1) is 0 Å². The van der Waals surface area contributed by atoms with Crippen LogP contribution in [0.25, 0.3) is 0 Å². The van der Waals surface area contributed by atoms with Gasteiger partial charge in [0.1, 0.15) is 5.78 Å². The lowest BCUT2D eigenvalue weighted by atomic mass is 10.1. The lowest BCUT2D eigenvalue weighted by Gasteiger charge is -2.02. The van der Waals surface area contributed by atoms with E-state index in [1.165, 1.54) is 0 Å². The zero-order chi connectivity index (χ0) is 11.4. The highest BCUT2D eigenvalue weighted by Crippen LogP contribution is 2.13. The summed E-state index contributed by atoms with van der Waals surface area (Å²) in [5.74, 6) is 0.169. The first-order valence-electron chi connectivity index (χ1n) is 4.98. The van der Waals surface area contributed by atoms with E-state index in [9.17, 15) is 4.79 Å². The summed E-state index contributed by atoms with van der Waals surface area (Å²) in [5, 5.41) is 1.97. The lowest BCUT2D eigenvalue weighted by Crippen LogP contribution is -2.07. The fourth-order valence-corrected chi connectivity index (χ4v) is 2.20. The van der Waals surface area contributed by atoms with Crippen LogP contribution < -0.4 is 5.73 Å². The molecule has 16 heavy (non-hydrogen) atoms. The number of nitrogens with zero attached hydrogens (tertiary/aromatic N) is 1. The van der Waals surface area contributed by atoms with Gasteiger partial charge in [-0.25, -0.2) is 0 Å². The van der Waals surface area contributed by atoms with E-state index in [1.807, 2.05) is 17.5 Å². The Balaban J connectivity index is 2.00. The number of rotatable bonds is 4. The molecule has 4 heteroatoms. The minimum atomic E-state index is 0.169. The number of anilines is 1. The van der Waals surface area contributed by atoms with Gasteiger partial charge in [0.15, 0.2) is 0 Å². The number of hydrogen-bond acceptors (Lipinski definition) is 4. The van der Waals surface area contributed by atoms with Crippen molar-refractivity contribution < 1.29 is 4.79 Å². The lowest BCUT2D eigenvalue weighted by molar-refractivity contribution is -0.117. The van der Waals surface area contributed by atoms with Gasteiger partial charge in [-0.15, -0.1) is 11.3 Å². The second kappa shape index (κ2) is 4.90. The zero-order valence-electron chi connectivity index (χ0n) is 8.72. The molecule has 2 N–H and O–H groups in total. The average Bonchev–Trinajstić information content (AvgIpc) is 2.74. The van der Waals surface area contributed by atoms with Gasteiger partial charge in [0, 0.05) is 41.4 Å². The average molecular weight is 232 g/mol. The molecular formula is C12H12N2OS. The number of hydrogen-bond donors (Lipinski definition) is 1. The van der Waals surface area contributed by atoms with Crippen molar-refractivity contribution in [2.45, 2.75) is 12.8 Å². The molecule has 3 nitrogen and oxygen atoms in total. The molecule has 0 aromatic carbocycles. The van der Waals surface area contributed by atoms with Crippen molar-refractivity contribution in [1.29, 1.82) is 0 Å². The predicted molar refractivity (Wildman–Crippen MR) is 65.4 cm³/mol. The van der Waals surface area contributed by atoms with Crippen molar-refractivity contribution in [2.75, 3.05) is 5.73 Å². The Labute approximate surface area is 97.9 Å². The van der Waals surface area contributed by atoms with Crippen molar-refractivity contribution in [3.8, 4) is 0 Å². The van der Waals surface area contributed by atoms with E-state index in [0.29, 0.717) is 18.5 Å². The Morgan fingerprint density at radius 3 is 2.94 bits per heavy atom. The number of Topliss-reactive ketones (excluding diaryl/α,β-unsaturated/α-hetero) is 1. The van der Waals surface area contributed by atoms with Crippen LogP contribution in [0.15, 0.2) is 36.0 Å². The third-order valence-corrected chi connectivity index (χ3v) is 3.16. The molecule has 0 aliphatic carbocycles. The third kappa shape index (κ3) is 2.67. The summed E-state index contributed by atoms with van der Waals surface area (Å²) in [7, 11) is 0. The van der Waals surface area contributed by atoms with E-state index in [2.05, 4.69) is 4.98 Å². The number of pyridine rings is 1. The summed E-state index contributed by atoms with van der Waals surface area (Å²) in [5.41, 5.74) is 7.20. The Morgan fingerprint density at radius 1 is 1.38 bits per heavy atom. The number of carbonyl (C=O) groups excluding carboxylic acids is 1. The van der Waals surface area contributed by atoms with E-state index in [-0.39, 0.29) is 5.78 Å². The van der Waals surface area contributed by atoms with Crippen LogP contribution in [0.3, 0.4) is 0 Å². The maximum absolute atomic E-state index is 11.8. The van der Waals surface area contributed by atoms with E-state index in [1.54, 1.807) is 29.8 Å². The largest absolute Gasteiger partial charge is 0.398 e. The van der Waals surface area contributed by atoms with Crippen molar-refractivity contribution >= 4 is 22.8 Å². The fraction of sp³-hybridized carbons (Fsp3) is 0.167. The molecule has 0 atom stereocenters. The molecule has 0 fully saturated rings. The summed E-state index contributed by atoms with van der Waals surface area (Å²) in [6, 6.07) is 5.63. The van der Waals surface area contributed by atoms with Crippen molar-refractivity contribution in [1.82, 2.24) is 4.98 Å². The number of ketones is 1. The topological polar surface area (TPSA) is 56.0 Å². The maximum Gasteiger partial charge on any atom is 0.142 e. The normalized spacial score (nSPS) is 10.2. The van der Waals surface area contributed by atoms with E-state index < -0.39 is 0 Å². The predicted octanol–water partition coefficient (Wildman–Crippen LogP) is 2.08. The highest BCUT2D eigenvalue weighted by atomic mass is 32.1. The standard InChI is InChI=1S/C12H12N2OS/c13-12-3-4-14-8-9(12)6-10(15)7-11-2-1-5-16-11/h1-5,8H,6-7H2,(H2,13,14). The second-order valence-corrected chi connectivity index (χ2v) is 4.58. The van der Waals surface area contributed by atoms with Gasteiger partial charge in [0.2, 0.25) is 0 Å². The quantitative estimate of drug-likeness (QED) is 0.878. The van der Waals surface area contributed by atoms with Crippen LogP contribution in [0.2, 0.25) is 0 Å². The molecule has 0 saturated heterocycles. The Hall–Kier alpha value is -1.68. The minimum absolute atomic E-state index is 0.169. The molecule has 0 aliphatic rings. The molecule has 0 radical (unpaired) electrons. The molecule has 0 unspecified atom stereocenters. The Bertz CT molecular complexity index is 480. The van der Waals surface area contributed by atoms with Gasteiger partial charge >= 0.3 is 0 Å². The minimum Gasteiger partial charge on any atom is -0.398 e. The zero-order valence-corrected chi connectivity index (χ0v) is 9.54. The van der Waals surface area contributed by atoms with Crippen LogP contribution in [0.5, 0.6) is 0 Å². The first-order chi connectivity index (χ1) is 7.75. The summed E-state index contributed by atoms with van der Waals surface area (Å²) >= 11 is 1.60. The van der Waals surface area contributed by atoms with Crippen molar-refractivity contribution in [2.24, 2.45) is 0 Å². The number of nitrogen functional groups attached to an aromatic ring is 1. The van der Waals surface area contributed by atoms with Crippen LogP contribution in [-0.4, -0.2) is 10.8 Å². The Morgan fingerprint density at radius 2 is 2.25 bits per heavy atom. The molecule has 82 valence electrons. The summed E-state index contributed by atoms with van der Waals surface area (Å²) in [4.78, 5) is 16.8. The highest BCUT2D eigenvalue weighted by Gasteiger charge is 2.08. The van der Waals surface area contributed by atoms with Crippen LogP contribution in [0.1, 0.15) is 10.4 Å². The molecule has 0 spiro atoms. The van der Waals surface area contributed by atoms with Crippen LogP contribution in [-0.2, 0) is 17.6 Å². The van der Waals surface area contributed by atoms with Crippen LogP contribution >= 0.6 is 11.3 Å². The van der Waals surface area contributed by atoms with E-state index in [0.717, 1.165) is 10.4 Å². The van der Waals surface area contributed by atoms with Crippen molar-refractivity contribution in [3.05, 3.63) is 46.4 Å². The number of nitrogens with two attached hydrogens (primary N) is 1.